The van der Waals surface area contributed by atoms with E-state index in [9.17, 15) is 19.6 Å². The topological polar surface area (TPSA) is 201 Å². The molecule has 1 aliphatic rings. The number of aromatic nitrogens is 2. The predicted molar refractivity (Wildman–Crippen MR) is 97.6 cm³/mol. The van der Waals surface area contributed by atoms with Crippen LogP contribution in [0.5, 0.6) is 0 Å². The molecule has 1 saturated heterocycles. The molecule has 1 fully saturated rings. The van der Waals surface area contributed by atoms with Gasteiger partial charge in [-0.1, -0.05) is 0 Å². The number of carbonyl (C=O) groups excluding carboxylic acids is 1. The number of nitrogens with two attached hydrogens (primary N) is 1. The van der Waals surface area contributed by atoms with Gasteiger partial charge in [-0.2, -0.15) is 9.97 Å². The number of aliphatic hydroxyl groups excluding tert-OH is 2. The monoisotopic (exact) mass is 439 g/mol. The number of aliphatic hydroxyl groups is 2. The summed E-state index contributed by atoms with van der Waals surface area (Å²) in [6.07, 6.45) is -6.37. The van der Waals surface area contributed by atoms with Crippen LogP contribution >= 0.6 is 19.2 Å². The van der Waals surface area contributed by atoms with E-state index in [0.717, 1.165) is 0 Å². The molecule has 0 unspecified atom stereocenters. The summed E-state index contributed by atoms with van der Waals surface area (Å²) in [6.45, 7) is 2.82. The van der Waals surface area contributed by atoms with Gasteiger partial charge in [0.25, 0.3) is 0 Å². The Balaban J connectivity index is 2.13. The van der Waals surface area contributed by atoms with Crippen molar-refractivity contribution in [3.05, 3.63) is 5.28 Å². The van der Waals surface area contributed by atoms with Crippen molar-refractivity contribution >= 4 is 49.2 Å². The molecular formula is C13H19ClN5O8P. The number of nitrogen functional groups attached to an aromatic ring is 1. The molecule has 1 aliphatic heterocycles. The average Bonchev–Trinajstić information content (AvgIpc) is 2.85. The summed E-state index contributed by atoms with van der Waals surface area (Å²) >= 11 is 5.80. The van der Waals surface area contributed by atoms with Crippen molar-refractivity contribution in [1.82, 2.24) is 9.97 Å². The van der Waals surface area contributed by atoms with Crippen LogP contribution in [0.25, 0.3) is 0 Å². The third-order valence-corrected chi connectivity index (χ3v) is 4.66. The number of nitrogens with zero attached hydrogens (tertiary/aromatic N) is 4. The molecule has 0 bridgehead atoms. The van der Waals surface area contributed by atoms with E-state index in [4.69, 9.17) is 36.6 Å². The molecule has 15 heteroatoms. The van der Waals surface area contributed by atoms with Crippen molar-refractivity contribution in [1.29, 1.82) is 0 Å². The van der Waals surface area contributed by atoms with Gasteiger partial charge in [0.2, 0.25) is 5.28 Å². The van der Waals surface area contributed by atoms with Gasteiger partial charge in [-0.3, -0.25) is 14.4 Å². The van der Waals surface area contributed by atoms with Crippen LogP contribution in [0.3, 0.4) is 0 Å². The Morgan fingerprint density at radius 3 is 2.64 bits per heavy atom. The maximum atomic E-state index is 11.4. The lowest BCUT2D eigenvalue weighted by molar-refractivity contribution is -0.146. The molecule has 2 heterocycles. The van der Waals surface area contributed by atoms with Gasteiger partial charge in [-0.15, -0.1) is 0 Å². The van der Waals surface area contributed by atoms with Crippen molar-refractivity contribution in [2.75, 3.05) is 30.5 Å². The molecule has 0 radical (unpaired) electrons. The van der Waals surface area contributed by atoms with Crippen molar-refractivity contribution in [2.24, 2.45) is 4.99 Å². The Morgan fingerprint density at radius 2 is 2.07 bits per heavy atom. The van der Waals surface area contributed by atoms with Crippen molar-refractivity contribution in [2.45, 2.75) is 24.5 Å². The number of rotatable bonds is 7. The van der Waals surface area contributed by atoms with Crippen LogP contribution in [-0.2, 0) is 18.8 Å². The zero-order valence-electron chi connectivity index (χ0n) is 14.5. The highest BCUT2D eigenvalue weighted by atomic mass is 35.5. The number of hydrogen-bond donors (Lipinski definition) is 5. The predicted octanol–water partition coefficient (Wildman–Crippen LogP) is -1.35. The zero-order chi connectivity index (χ0) is 21.2. The van der Waals surface area contributed by atoms with Gasteiger partial charge in [-0.25, -0.2) is 0 Å². The fourth-order valence-corrected chi connectivity index (χ4v) is 3.12. The van der Waals surface area contributed by atoms with E-state index in [1.165, 1.54) is 11.9 Å². The molecule has 6 N–H and O–H groups in total. The molecule has 0 spiro atoms. The minimum atomic E-state index is -4.59. The van der Waals surface area contributed by atoms with E-state index in [1.54, 1.807) is 0 Å². The Labute approximate surface area is 163 Å². The first-order chi connectivity index (χ1) is 12.9. The fraction of sp³-hybridized carbons (Fsp3) is 0.538. The SMILES string of the molecule is C=Nc1c(N)nc(Cl)nc1N(C)[C@@H]1O[C@H](COC(=O)CP(=O)(O)O)[C@H](O)[C@@H]1O. The summed E-state index contributed by atoms with van der Waals surface area (Å²) in [6, 6.07) is 0. The van der Waals surface area contributed by atoms with Crippen LogP contribution in [0.4, 0.5) is 17.3 Å². The maximum absolute atomic E-state index is 11.4. The molecule has 1 aromatic heterocycles. The molecule has 28 heavy (non-hydrogen) atoms. The highest BCUT2D eigenvalue weighted by molar-refractivity contribution is 7.52. The van der Waals surface area contributed by atoms with E-state index < -0.39 is 50.9 Å². The second-order valence-corrected chi connectivity index (χ2v) is 7.85. The summed E-state index contributed by atoms with van der Waals surface area (Å²) < 4.78 is 21.0. The Hall–Kier alpha value is -1.86. The van der Waals surface area contributed by atoms with E-state index in [1.807, 2.05) is 0 Å². The van der Waals surface area contributed by atoms with Crippen molar-refractivity contribution in [3.8, 4) is 0 Å². The van der Waals surface area contributed by atoms with Gasteiger partial charge in [0.05, 0.1) is 0 Å². The Bertz CT molecular complexity index is 807. The molecule has 4 atom stereocenters. The summed E-state index contributed by atoms with van der Waals surface area (Å²) in [5, 5.41) is 20.2. The lowest BCUT2D eigenvalue weighted by Crippen LogP contribution is -2.42. The summed E-state index contributed by atoms with van der Waals surface area (Å²) in [5.74, 6) is -1.17. The molecule has 0 saturated carbocycles. The van der Waals surface area contributed by atoms with E-state index in [2.05, 4.69) is 21.7 Å². The number of likely N-dealkylation sites (N-methyl/N-ethyl adjacent to an activating group) is 1. The molecular weight excluding hydrogens is 421 g/mol. The van der Waals surface area contributed by atoms with Crippen LogP contribution < -0.4 is 10.6 Å². The number of carbonyl (C=O) groups is 1. The largest absolute Gasteiger partial charge is 0.462 e. The highest BCUT2D eigenvalue weighted by Crippen LogP contribution is 2.36. The summed E-state index contributed by atoms with van der Waals surface area (Å²) in [4.78, 5) is 41.6. The minimum Gasteiger partial charge on any atom is -0.462 e. The lowest BCUT2D eigenvalue weighted by atomic mass is 10.1. The lowest BCUT2D eigenvalue weighted by Gasteiger charge is -2.28. The zero-order valence-corrected chi connectivity index (χ0v) is 16.2. The first-order valence-electron chi connectivity index (χ1n) is 7.69. The number of aliphatic imine (C=N–C) groups is 1. The van der Waals surface area contributed by atoms with E-state index >= 15 is 0 Å². The normalized spacial score (nSPS) is 24.8. The average molecular weight is 440 g/mol. The first kappa shape index (κ1) is 22.4. The number of esters is 1. The molecule has 0 amide bonds. The molecule has 0 aliphatic carbocycles. The third kappa shape index (κ3) is 5.14. The molecule has 1 aromatic rings. The van der Waals surface area contributed by atoms with Crippen molar-refractivity contribution in [3.63, 3.8) is 0 Å². The van der Waals surface area contributed by atoms with Gasteiger partial charge in [0.15, 0.2) is 17.9 Å². The standard InChI is InChI=1S/C13H19ClN5O8P/c1-16-7-10(15)17-13(14)18-11(7)19(2)12-9(22)8(21)5(27-12)3-26-6(20)4-28(23,24)25/h5,8-9,12,21-22H,1,3-4H2,2H3,(H2,15,17,18)(H2,23,24,25)/t5-,8+,9+,12-/m1/s1. The summed E-state index contributed by atoms with van der Waals surface area (Å²) in [5.41, 5.74) is 5.80. The maximum Gasteiger partial charge on any atom is 0.336 e. The van der Waals surface area contributed by atoms with Gasteiger partial charge in [-0.05, 0) is 18.3 Å². The van der Waals surface area contributed by atoms with Gasteiger partial charge >= 0.3 is 13.6 Å². The van der Waals surface area contributed by atoms with E-state index in [-0.39, 0.29) is 22.6 Å². The number of ether oxygens (including phenoxy) is 2. The second-order valence-electron chi connectivity index (χ2n) is 5.87. The highest BCUT2D eigenvalue weighted by Gasteiger charge is 2.46. The second kappa shape index (κ2) is 8.66. The van der Waals surface area contributed by atoms with Crippen LogP contribution in [0.1, 0.15) is 0 Å². The number of hydrogen-bond acceptors (Lipinski definition) is 11. The third-order valence-electron chi connectivity index (χ3n) is 3.82. The Kier molecular flexibility index (Phi) is 6.93. The number of halogens is 1. The molecule has 13 nitrogen and oxygen atoms in total. The van der Waals surface area contributed by atoms with Gasteiger partial charge in [0, 0.05) is 7.05 Å². The van der Waals surface area contributed by atoms with Crippen LogP contribution in [0.15, 0.2) is 4.99 Å². The minimum absolute atomic E-state index is 0.0622. The molecule has 2 rings (SSSR count). The summed E-state index contributed by atoms with van der Waals surface area (Å²) in [7, 11) is -3.13. The quantitative estimate of drug-likeness (QED) is 0.145. The van der Waals surface area contributed by atoms with Crippen LogP contribution in [0.2, 0.25) is 5.28 Å². The first-order valence-corrected chi connectivity index (χ1v) is 9.86. The molecule has 156 valence electrons. The van der Waals surface area contributed by atoms with Gasteiger partial charge < -0.3 is 40.1 Å². The van der Waals surface area contributed by atoms with Gasteiger partial charge in [0.1, 0.15) is 36.8 Å². The Morgan fingerprint density at radius 1 is 1.43 bits per heavy atom. The number of anilines is 2. The van der Waals surface area contributed by atoms with Crippen LogP contribution in [0, 0.1) is 0 Å². The van der Waals surface area contributed by atoms with Crippen LogP contribution in [-0.4, -0.2) is 87.0 Å². The van der Waals surface area contributed by atoms with Crippen molar-refractivity contribution < 1.29 is 38.8 Å². The van der Waals surface area contributed by atoms with E-state index in [0.29, 0.717) is 0 Å². The fourth-order valence-electron chi connectivity index (χ4n) is 2.53. The molecule has 0 aromatic carbocycles. The smallest absolute Gasteiger partial charge is 0.336 e.